The van der Waals surface area contributed by atoms with Gasteiger partial charge in [-0.15, -0.1) is 0 Å². The van der Waals surface area contributed by atoms with E-state index >= 15 is 0 Å². The van der Waals surface area contributed by atoms with Crippen LogP contribution in [0.5, 0.6) is 5.75 Å². The predicted octanol–water partition coefficient (Wildman–Crippen LogP) is 2.78. The molecule has 0 fully saturated rings. The molecule has 0 bridgehead atoms. The van der Waals surface area contributed by atoms with Gasteiger partial charge in [0.1, 0.15) is 5.75 Å². The standard InChI is InChI=1S/C19H20O4/c1-11-5-7-14(8-6-11)19(22)18(4,21)17(20)15-9-12(2)13(3)10-16(15)23-19/h5-10,21-22H,1-4H3. The maximum atomic E-state index is 12.8. The van der Waals surface area contributed by atoms with Crippen LogP contribution in [0.25, 0.3) is 0 Å². The van der Waals surface area contributed by atoms with Crippen LogP contribution in [-0.2, 0) is 5.79 Å². The zero-order valence-corrected chi connectivity index (χ0v) is 13.7. The summed E-state index contributed by atoms with van der Waals surface area (Å²) < 4.78 is 5.75. The fourth-order valence-corrected chi connectivity index (χ4v) is 2.85. The van der Waals surface area contributed by atoms with Crippen molar-refractivity contribution in [2.45, 2.75) is 39.1 Å². The third-order valence-electron chi connectivity index (χ3n) is 4.64. The molecule has 2 aromatic carbocycles. The number of fused-ring (bicyclic) bond motifs is 1. The second kappa shape index (κ2) is 4.91. The van der Waals surface area contributed by atoms with Crippen molar-refractivity contribution in [1.82, 2.24) is 0 Å². The number of rotatable bonds is 1. The maximum absolute atomic E-state index is 12.8. The van der Waals surface area contributed by atoms with Crippen molar-refractivity contribution in [2.24, 2.45) is 0 Å². The number of hydrogen-bond acceptors (Lipinski definition) is 4. The zero-order chi connectivity index (χ0) is 17.0. The highest BCUT2D eigenvalue weighted by atomic mass is 16.6. The quantitative estimate of drug-likeness (QED) is 0.850. The summed E-state index contributed by atoms with van der Waals surface area (Å²) in [7, 11) is 0. The lowest BCUT2D eigenvalue weighted by Crippen LogP contribution is -2.61. The van der Waals surface area contributed by atoms with Crippen molar-refractivity contribution in [3.8, 4) is 5.75 Å². The predicted molar refractivity (Wildman–Crippen MR) is 86.6 cm³/mol. The van der Waals surface area contributed by atoms with Gasteiger partial charge in [-0.1, -0.05) is 29.8 Å². The van der Waals surface area contributed by atoms with E-state index in [0.29, 0.717) is 5.56 Å². The van der Waals surface area contributed by atoms with Gasteiger partial charge in [0.2, 0.25) is 5.78 Å². The first-order valence-electron chi connectivity index (χ1n) is 7.54. The van der Waals surface area contributed by atoms with E-state index in [9.17, 15) is 15.0 Å². The van der Waals surface area contributed by atoms with Crippen LogP contribution in [0, 0.1) is 20.8 Å². The summed E-state index contributed by atoms with van der Waals surface area (Å²) in [6.07, 6.45) is 0. The van der Waals surface area contributed by atoms with Crippen LogP contribution in [0.4, 0.5) is 0 Å². The smallest absolute Gasteiger partial charge is 0.271 e. The van der Waals surface area contributed by atoms with Gasteiger partial charge in [-0.05, 0) is 51.0 Å². The molecule has 4 heteroatoms. The molecule has 1 aliphatic heterocycles. The van der Waals surface area contributed by atoms with Gasteiger partial charge < -0.3 is 14.9 Å². The number of aliphatic hydroxyl groups is 2. The Labute approximate surface area is 135 Å². The SMILES string of the molecule is Cc1ccc(C2(O)Oc3cc(C)c(C)cc3C(=O)C2(C)O)cc1. The number of aryl methyl sites for hydroxylation is 3. The fraction of sp³-hybridized carbons (Fsp3) is 0.316. The Bertz CT molecular complexity index is 790. The summed E-state index contributed by atoms with van der Waals surface area (Å²) in [5, 5.41) is 21.8. The van der Waals surface area contributed by atoms with Crippen molar-refractivity contribution in [1.29, 1.82) is 0 Å². The molecule has 0 amide bonds. The Morgan fingerprint density at radius 2 is 1.52 bits per heavy atom. The Morgan fingerprint density at radius 3 is 2.13 bits per heavy atom. The molecule has 2 N–H and O–H groups in total. The van der Waals surface area contributed by atoms with E-state index < -0.39 is 17.2 Å². The first-order chi connectivity index (χ1) is 10.7. The number of carbonyl (C=O) groups is 1. The Morgan fingerprint density at radius 1 is 0.957 bits per heavy atom. The van der Waals surface area contributed by atoms with Crippen LogP contribution in [0.1, 0.15) is 39.5 Å². The lowest BCUT2D eigenvalue weighted by atomic mass is 9.79. The normalized spacial score (nSPS) is 26.6. The number of hydrogen-bond donors (Lipinski definition) is 2. The van der Waals surface area contributed by atoms with Gasteiger partial charge in [-0.25, -0.2) is 0 Å². The molecular weight excluding hydrogens is 292 g/mol. The summed E-state index contributed by atoms with van der Waals surface area (Å²) in [4.78, 5) is 12.8. The minimum Gasteiger partial charge on any atom is -0.454 e. The molecule has 23 heavy (non-hydrogen) atoms. The molecular formula is C19H20O4. The number of benzene rings is 2. The van der Waals surface area contributed by atoms with Gasteiger partial charge in [-0.2, -0.15) is 0 Å². The number of Topliss-reactive ketones (excluding diaryl/α,β-unsaturated/α-hetero) is 1. The summed E-state index contributed by atoms with van der Waals surface area (Å²) in [6.45, 7) is 6.99. The van der Waals surface area contributed by atoms with Gasteiger partial charge in [-0.3, -0.25) is 4.79 Å². The van der Waals surface area contributed by atoms with E-state index in [2.05, 4.69) is 0 Å². The van der Waals surface area contributed by atoms with E-state index in [-0.39, 0.29) is 11.3 Å². The molecule has 1 heterocycles. The van der Waals surface area contributed by atoms with E-state index in [1.165, 1.54) is 6.92 Å². The van der Waals surface area contributed by atoms with Crippen molar-refractivity contribution in [3.05, 3.63) is 64.2 Å². The third-order valence-corrected chi connectivity index (χ3v) is 4.64. The minimum absolute atomic E-state index is 0.285. The Hall–Kier alpha value is -2.17. The molecule has 2 aromatic rings. The first-order valence-corrected chi connectivity index (χ1v) is 7.54. The van der Waals surface area contributed by atoms with Crippen LogP contribution in [0.3, 0.4) is 0 Å². The molecule has 3 rings (SSSR count). The van der Waals surface area contributed by atoms with Crippen LogP contribution >= 0.6 is 0 Å². The summed E-state index contributed by atoms with van der Waals surface area (Å²) >= 11 is 0. The van der Waals surface area contributed by atoms with E-state index in [1.807, 2.05) is 20.8 Å². The Balaban J connectivity index is 2.21. The van der Waals surface area contributed by atoms with Crippen LogP contribution < -0.4 is 4.74 Å². The van der Waals surface area contributed by atoms with Gasteiger partial charge in [0.15, 0.2) is 5.60 Å². The van der Waals surface area contributed by atoms with Gasteiger partial charge >= 0.3 is 0 Å². The zero-order valence-electron chi connectivity index (χ0n) is 13.7. The number of ketones is 1. The molecule has 0 radical (unpaired) electrons. The van der Waals surface area contributed by atoms with Crippen molar-refractivity contribution >= 4 is 5.78 Å². The highest BCUT2D eigenvalue weighted by Gasteiger charge is 2.58. The molecule has 0 aromatic heterocycles. The van der Waals surface area contributed by atoms with Gasteiger partial charge in [0.25, 0.3) is 5.79 Å². The lowest BCUT2D eigenvalue weighted by Gasteiger charge is -2.44. The summed E-state index contributed by atoms with van der Waals surface area (Å²) in [6, 6.07) is 10.3. The minimum atomic E-state index is -2.13. The van der Waals surface area contributed by atoms with Gasteiger partial charge in [0.05, 0.1) is 5.56 Å². The van der Waals surface area contributed by atoms with Crippen LogP contribution in [0.2, 0.25) is 0 Å². The fourth-order valence-electron chi connectivity index (χ4n) is 2.85. The van der Waals surface area contributed by atoms with Gasteiger partial charge in [0, 0.05) is 5.56 Å². The highest BCUT2D eigenvalue weighted by Crippen LogP contribution is 2.44. The molecule has 1 aliphatic rings. The number of carbonyl (C=O) groups excluding carboxylic acids is 1. The molecule has 0 aliphatic carbocycles. The second-order valence-electron chi connectivity index (χ2n) is 6.45. The topological polar surface area (TPSA) is 66.8 Å². The van der Waals surface area contributed by atoms with Crippen LogP contribution in [0.15, 0.2) is 36.4 Å². The van der Waals surface area contributed by atoms with E-state index in [4.69, 9.17) is 4.74 Å². The lowest BCUT2D eigenvalue weighted by molar-refractivity contribution is -0.244. The van der Waals surface area contributed by atoms with Crippen molar-refractivity contribution < 1.29 is 19.7 Å². The monoisotopic (exact) mass is 312 g/mol. The average Bonchev–Trinajstić information content (AvgIpc) is 2.49. The molecule has 0 saturated carbocycles. The van der Waals surface area contributed by atoms with Crippen LogP contribution in [-0.4, -0.2) is 21.6 Å². The van der Waals surface area contributed by atoms with Crippen molar-refractivity contribution in [3.63, 3.8) is 0 Å². The molecule has 2 atom stereocenters. The molecule has 4 nitrogen and oxygen atoms in total. The van der Waals surface area contributed by atoms with E-state index in [1.54, 1.807) is 36.4 Å². The molecule has 0 spiro atoms. The van der Waals surface area contributed by atoms with Crippen molar-refractivity contribution in [2.75, 3.05) is 0 Å². The summed E-state index contributed by atoms with van der Waals surface area (Å²) in [5.41, 5.74) is 1.42. The Kier molecular flexibility index (Phi) is 3.36. The molecule has 0 saturated heterocycles. The summed E-state index contributed by atoms with van der Waals surface area (Å²) in [5.74, 6) is -2.40. The molecule has 120 valence electrons. The third kappa shape index (κ3) is 2.18. The maximum Gasteiger partial charge on any atom is 0.271 e. The largest absolute Gasteiger partial charge is 0.454 e. The highest BCUT2D eigenvalue weighted by molar-refractivity contribution is 6.06. The first kappa shape index (κ1) is 15.7. The average molecular weight is 312 g/mol. The van der Waals surface area contributed by atoms with E-state index in [0.717, 1.165) is 16.7 Å². The number of ether oxygens (including phenoxy) is 1. The second-order valence-corrected chi connectivity index (χ2v) is 6.45. The molecule has 2 unspecified atom stereocenters.